The SMILES string of the molecule is CCCCOCCOc1ccc(-c2ccc3c(c2)C=C(C(=O)O)CCN3C(=O)C(F)(F)F)cc1. The van der Waals surface area contributed by atoms with Gasteiger partial charge in [-0.3, -0.25) is 4.79 Å². The Morgan fingerprint density at radius 3 is 2.38 bits per heavy atom. The van der Waals surface area contributed by atoms with Crippen LogP contribution in [-0.2, 0) is 14.3 Å². The van der Waals surface area contributed by atoms with E-state index in [0.717, 1.165) is 18.4 Å². The van der Waals surface area contributed by atoms with Crippen molar-refractivity contribution in [3.05, 3.63) is 53.6 Å². The van der Waals surface area contributed by atoms with Gasteiger partial charge in [0.25, 0.3) is 0 Å². The fourth-order valence-corrected chi connectivity index (χ4v) is 3.55. The van der Waals surface area contributed by atoms with Crippen LogP contribution in [0.2, 0.25) is 0 Å². The van der Waals surface area contributed by atoms with E-state index >= 15 is 0 Å². The Labute approximate surface area is 195 Å². The highest BCUT2D eigenvalue weighted by molar-refractivity contribution is 6.02. The van der Waals surface area contributed by atoms with Gasteiger partial charge in [0, 0.05) is 18.7 Å². The number of halogens is 3. The molecule has 3 rings (SSSR count). The second kappa shape index (κ2) is 11.2. The number of anilines is 1. The lowest BCUT2D eigenvalue weighted by atomic mass is 10.00. The van der Waals surface area contributed by atoms with Crippen molar-refractivity contribution in [1.29, 1.82) is 0 Å². The van der Waals surface area contributed by atoms with E-state index in [1.807, 2.05) is 0 Å². The number of ether oxygens (including phenoxy) is 2. The predicted molar refractivity (Wildman–Crippen MR) is 122 cm³/mol. The number of alkyl halides is 3. The zero-order valence-corrected chi connectivity index (χ0v) is 18.7. The van der Waals surface area contributed by atoms with Crippen LogP contribution in [0, 0.1) is 0 Å². The van der Waals surface area contributed by atoms with E-state index in [4.69, 9.17) is 9.47 Å². The van der Waals surface area contributed by atoms with E-state index in [2.05, 4.69) is 6.92 Å². The molecule has 0 aromatic heterocycles. The summed E-state index contributed by atoms with van der Waals surface area (Å²) in [5.74, 6) is -2.62. The van der Waals surface area contributed by atoms with Gasteiger partial charge in [0.1, 0.15) is 12.4 Å². The molecule has 0 saturated heterocycles. The van der Waals surface area contributed by atoms with E-state index in [-0.39, 0.29) is 29.8 Å². The van der Waals surface area contributed by atoms with Crippen LogP contribution < -0.4 is 9.64 Å². The van der Waals surface area contributed by atoms with E-state index < -0.39 is 18.1 Å². The van der Waals surface area contributed by atoms with Crippen molar-refractivity contribution >= 4 is 23.6 Å². The van der Waals surface area contributed by atoms with Crippen molar-refractivity contribution in [2.75, 3.05) is 31.3 Å². The number of unbranched alkanes of at least 4 members (excludes halogenated alkanes) is 1. The standard InChI is InChI=1S/C25H26F3NO5/c1-2-3-12-33-13-14-34-21-7-4-17(5-8-21)18-6-9-22-20(15-18)16-19(23(30)31)10-11-29(22)24(32)25(26,27)28/h4-9,15-16H,2-3,10-14H2,1H3,(H,30,31). The smallest absolute Gasteiger partial charge is 0.471 e. The molecule has 9 heteroatoms. The van der Waals surface area contributed by atoms with Crippen LogP contribution in [0.5, 0.6) is 5.75 Å². The van der Waals surface area contributed by atoms with Crippen LogP contribution in [0.15, 0.2) is 48.0 Å². The van der Waals surface area contributed by atoms with Gasteiger partial charge in [-0.1, -0.05) is 31.5 Å². The molecule has 1 aliphatic heterocycles. The molecule has 34 heavy (non-hydrogen) atoms. The molecule has 182 valence electrons. The van der Waals surface area contributed by atoms with Gasteiger partial charge < -0.3 is 19.5 Å². The number of nitrogens with zero attached hydrogens (tertiary/aromatic N) is 1. The molecule has 1 aliphatic rings. The number of carbonyl (C=O) groups is 2. The minimum Gasteiger partial charge on any atom is -0.491 e. The molecule has 1 heterocycles. The number of amides is 1. The molecular weight excluding hydrogens is 451 g/mol. The summed E-state index contributed by atoms with van der Waals surface area (Å²) in [6.07, 6.45) is -1.88. The Kier molecular flexibility index (Phi) is 8.33. The van der Waals surface area contributed by atoms with Gasteiger partial charge in [0.15, 0.2) is 0 Å². The molecule has 0 bridgehead atoms. The molecule has 0 radical (unpaired) electrons. The van der Waals surface area contributed by atoms with Gasteiger partial charge in [-0.25, -0.2) is 4.79 Å². The van der Waals surface area contributed by atoms with Gasteiger partial charge in [-0.15, -0.1) is 0 Å². The van der Waals surface area contributed by atoms with Crippen molar-refractivity contribution in [2.45, 2.75) is 32.4 Å². The summed E-state index contributed by atoms with van der Waals surface area (Å²) < 4.78 is 50.5. The fraction of sp³-hybridized carbons (Fsp3) is 0.360. The van der Waals surface area contributed by atoms with E-state index in [1.54, 1.807) is 36.4 Å². The molecule has 1 N–H and O–H groups in total. The first-order valence-electron chi connectivity index (χ1n) is 11.0. The average Bonchev–Trinajstić information content (AvgIpc) is 3.00. The third kappa shape index (κ3) is 6.38. The molecular formula is C25H26F3NO5. The van der Waals surface area contributed by atoms with Crippen LogP contribution >= 0.6 is 0 Å². The minimum atomic E-state index is -5.07. The molecule has 6 nitrogen and oxygen atoms in total. The van der Waals surface area contributed by atoms with Crippen LogP contribution in [0.25, 0.3) is 17.2 Å². The number of benzene rings is 2. The van der Waals surface area contributed by atoms with E-state index in [1.165, 1.54) is 12.1 Å². The van der Waals surface area contributed by atoms with Gasteiger partial charge in [-0.2, -0.15) is 13.2 Å². The molecule has 0 saturated carbocycles. The number of hydrogen-bond donors (Lipinski definition) is 1. The average molecular weight is 477 g/mol. The monoisotopic (exact) mass is 477 g/mol. The highest BCUT2D eigenvalue weighted by Gasteiger charge is 2.43. The highest BCUT2D eigenvalue weighted by atomic mass is 19.4. The van der Waals surface area contributed by atoms with E-state index in [0.29, 0.717) is 36.0 Å². The van der Waals surface area contributed by atoms with Crippen LogP contribution in [0.3, 0.4) is 0 Å². The Morgan fingerprint density at radius 2 is 1.74 bits per heavy atom. The summed E-state index contributed by atoms with van der Waals surface area (Å²) >= 11 is 0. The summed E-state index contributed by atoms with van der Waals surface area (Å²) in [6.45, 7) is 3.30. The second-order valence-electron chi connectivity index (χ2n) is 7.79. The first kappa shape index (κ1) is 25.3. The summed E-state index contributed by atoms with van der Waals surface area (Å²) in [4.78, 5) is 24.1. The Balaban J connectivity index is 1.81. The Bertz CT molecular complexity index is 1050. The van der Waals surface area contributed by atoms with Crippen molar-refractivity contribution in [1.82, 2.24) is 0 Å². The maximum absolute atomic E-state index is 13.1. The fourth-order valence-electron chi connectivity index (χ4n) is 3.55. The lowest BCUT2D eigenvalue weighted by molar-refractivity contribution is -0.170. The quantitative estimate of drug-likeness (QED) is 0.495. The molecule has 0 spiro atoms. The lowest BCUT2D eigenvalue weighted by Crippen LogP contribution is -2.42. The number of carboxylic acid groups (broad SMARTS) is 1. The van der Waals surface area contributed by atoms with Gasteiger partial charge >= 0.3 is 18.1 Å². The van der Waals surface area contributed by atoms with Crippen LogP contribution in [0.4, 0.5) is 18.9 Å². The molecule has 0 aliphatic carbocycles. The molecule has 2 aromatic rings. The van der Waals surface area contributed by atoms with Crippen molar-refractivity contribution < 1.29 is 37.3 Å². The minimum absolute atomic E-state index is 0.0188. The predicted octanol–water partition coefficient (Wildman–Crippen LogP) is 5.32. The van der Waals surface area contributed by atoms with Crippen molar-refractivity contribution in [3.63, 3.8) is 0 Å². The van der Waals surface area contributed by atoms with Crippen LogP contribution in [0.1, 0.15) is 31.7 Å². The molecule has 2 aromatic carbocycles. The number of aliphatic carboxylic acids is 1. The van der Waals surface area contributed by atoms with Gasteiger partial charge in [0.05, 0.1) is 12.3 Å². The van der Waals surface area contributed by atoms with Crippen molar-refractivity contribution in [2.24, 2.45) is 0 Å². The number of carbonyl (C=O) groups excluding carboxylic acids is 1. The van der Waals surface area contributed by atoms with Gasteiger partial charge in [-0.05, 0) is 59.9 Å². The lowest BCUT2D eigenvalue weighted by Gasteiger charge is -2.24. The largest absolute Gasteiger partial charge is 0.491 e. The molecule has 0 fully saturated rings. The molecule has 0 atom stereocenters. The topological polar surface area (TPSA) is 76.1 Å². The van der Waals surface area contributed by atoms with Crippen molar-refractivity contribution in [3.8, 4) is 16.9 Å². The Morgan fingerprint density at radius 1 is 1.03 bits per heavy atom. The van der Waals surface area contributed by atoms with Gasteiger partial charge in [0.2, 0.25) is 0 Å². The maximum Gasteiger partial charge on any atom is 0.471 e. The first-order valence-corrected chi connectivity index (χ1v) is 11.0. The summed E-state index contributed by atoms with van der Waals surface area (Å²) in [6, 6.07) is 11.7. The maximum atomic E-state index is 13.1. The summed E-state index contributed by atoms with van der Waals surface area (Å²) in [5, 5.41) is 9.40. The van der Waals surface area contributed by atoms with E-state index in [9.17, 15) is 27.9 Å². The highest BCUT2D eigenvalue weighted by Crippen LogP contribution is 2.35. The third-order valence-electron chi connectivity index (χ3n) is 5.34. The number of carboxylic acids is 1. The second-order valence-corrected chi connectivity index (χ2v) is 7.79. The molecule has 0 unspecified atom stereocenters. The number of rotatable bonds is 9. The summed E-state index contributed by atoms with van der Waals surface area (Å²) in [7, 11) is 0. The number of fused-ring (bicyclic) bond motifs is 1. The zero-order chi connectivity index (χ0) is 24.7. The first-order chi connectivity index (χ1) is 16.2. The number of hydrogen-bond acceptors (Lipinski definition) is 4. The van der Waals surface area contributed by atoms with Crippen LogP contribution in [-0.4, -0.2) is 49.5 Å². The summed E-state index contributed by atoms with van der Waals surface area (Å²) in [5.41, 5.74) is 1.61. The molecule has 1 amide bonds. The zero-order valence-electron chi connectivity index (χ0n) is 18.7. The third-order valence-corrected chi connectivity index (χ3v) is 5.34. The normalized spacial score (nSPS) is 13.6. The Hall–Kier alpha value is -3.33.